The van der Waals surface area contributed by atoms with Crippen LogP contribution >= 0.6 is 0 Å². The summed E-state index contributed by atoms with van der Waals surface area (Å²) in [5, 5.41) is 3.35. The van der Waals surface area contributed by atoms with Gasteiger partial charge >= 0.3 is 0 Å². The number of rotatable bonds is 4. The number of halogens is 1. The van der Waals surface area contributed by atoms with Gasteiger partial charge < -0.3 is 9.88 Å². The van der Waals surface area contributed by atoms with Crippen LogP contribution in [0.25, 0.3) is 0 Å². The third-order valence-corrected chi connectivity index (χ3v) is 3.66. The van der Waals surface area contributed by atoms with E-state index in [1.807, 2.05) is 24.7 Å². The largest absolute Gasteiger partial charge is 0.329 e. The van der Waals surface area contributed by atoms with E-state index in [0.717, 1.165) is 44.8 Å². The molecule has 20 heavy (non-hydrogen) atoms. The van der Waals surface area contributed by atoms with Gasteiger partial charge in [-0.2, -0.15) is 0 Å². The Bertz CT molecular complexity index is 543. The third kappa shape index (κ3) is 3.23. The van der Waals surface area contributed by atoms with E-state index in [2.05, 4.69) is 19.8 Å². The van der Waals surface area contributed by atoms with Crippen molar-refractivity contribution in [2.24, 2.45) is 0 Å². The SMILES string of the molecule is Fc1ccc(Cn2cncc2CN2CCNCC2)cc1. The molecule has 106 valence electrons. The second kappa shape index (κ2) is 6.15. The quantitative estimate of drug-likeness (QED) is 0.916. The molecule has 3 rings (SSSR count). The molecule has 5 heteroatoms. The topological polar surface area (TPSA) is 33.1 Å². The zero-order valence-electron chi connectivity index (χ0n) is 11.4. The van der Waals surface area contributed by atoms with E-state index in [9.17, 15) is 4.39 Å². The van der Waals surface area contributed by atoms with Crippen LogP contribution in [0.15, 0.2) is 36.8 Å². The normalized spacial score (nSPS) is 16.4. The van der Waals surface area contributed by atoms with Crippen molar-refractivity contribution < 1.29 is 4.39 Å². The molecule has 4 nitrogen and oxygen atoms in total. The molecule has 0 atom stereocenters. The minimum atomic E-state index is -0.194. The van der Waals surface area contributed by atoms with Crippen LogP contribution in [0.1, 0.15) is 11.3 Å². The molecule has 0 radical (unpaired) electrons. The van der Waals surface area contributed by atoms with Gasteiger partial charge in [-0.1, -0.05) is 12.1 Å². The van der Waals surface area contributed by atoms with Crippen LogP contribution in [0.3, 0.4) is 0 Å². The van der Waals surface area contributed by atoms with E-state index in [-0.39, 0.29) is 5.82 Å². The maximum atomic E-state index is 12.9. The molecule has 2 heterocycles. The Morgan fingerprint density at radius 3 is 2.60 bits per heavy atom. The molecule has 0 bridgehead atoms. The maximum Gasteiger partial charge on any atom is 0.123 e. The summed E-state index contributed by atoms with van der Waals surface area (Å²) in [6.07, 6.45) is 3.77. The Morgan fingerprint density at radius 1 is 1.10 bits per heavy atom. The summed E-state index contributed by atoms with van der Waals surface area (Å²) in [4.78, 5) is 6.67. The molecule has 1 fully saturated rings. The molecule has 0 spiro atoms. The second-order valence-corrected chi connectivity index (χ2v) is 5.17. The van der Waals surface area contributed by atoms with E-state index in [1.54, 1.807) is 0 Å². The lowest BCUT2D eigenvalue weighted by molar-refractivity contribution is 0.228. The van der Waals surface area contributed by atoms with Gasteiger partial charge in [0.1, 0.15) is 5.82 Å². The van der Waals surface area contributed by atoms with Crippen molar-refractivity contribution in [2.75, 3.05) is 26.2 Å². The molecule has 0 unspecified atom stereocenters. The summed E-state index contributed by atoms with van der Waals surface area (Å²) in [5.74, 6) is -0.194. The molecule has 0 aliphatic carbocycles. The number of hydrogen-bond donors (Lipinski definition) is 1. The van der Waals surface area contributed by atoms with E-state index in [1.165, 1.54) is 17.8 Å². The second-order valence-electron chi connectivity index (χ2n) is 5.17. The van der Waals surface area contributed by atoms with Gasteiger partial charge in [-0.3, -0.25) is 4.90 Å². The number of nitrogens with zero attached hydrogens (tertiary/aromatic N) is 3. The number of imidazole rings is 1. The summed E-state index contributed by atoms with van der Waals surface area (Å²) >= 11 is 0. The smallest absolute Gasteiger partial charge is 0.123 e. The van der Waals surface area contributed by atoms with Crippen molar-refractivity contribution >= 4 is 0 Å². The molecule has 1 saturated heterocycles. The van der Waals surface area contributed by atoms with Gasteiger partial charge in [0.15, 0.2) is 0 Å². The van der Waals surface area contributed by atoms with Crippen LogP contribution < -0.4 is 5.32 Å². The summed E-state index contributed by atoms with van der Waals surface area (Å²) in [7, 11) is 0. The monoisotopic (exact) mass is 274 g/mol. The molecule has 1 aliphatic rings. The van der Waals surface area contributed by atoms with Crippen molar-refractivity contribution in [3.8, 4) is 0 Å². The number of hydrogen-bond acceptors (Lipinski definition) is 3. The first kappa shape index (κ1) is 13.3. The van der Waals surface area contributed by atoms with Gasteiger partial charge in [-0.25, -0.2) is 9.37 Å². The minimum absolute atomic E-state index is 0.194. The van der Waals surface area contributed by atoms with Crippen molar-refractivity contribution in [2.45, 2.75) is 13.1 Å². The lowest BCUT2D eigenvalue weighted by Gasteiger charge is -2.27. The van der Waals surface area contributed by atoms with Crippen LogP contribution in [0, 0.1) is 5.82 Å². The molecule has 1 aromatic heterocycles. The molecule has 1 aliphatic heterocycles. The standard InChI is InChI=1S/C15H19FN4/c16-14-3-1-13(2-4-14)10-20-12-18-9-15(20)11-19-7-5-17-6-8-19/h1-4,9,12,17H,5-8,10-11H2. The summed E-state index contributed by atoms with van der Waals surface area (Å²) in [5.41, 5.74) is 2.29. The third-order valence-electron chi connectivity index (χ3n) is 3.66. The Labute approximate surface area is 118 Å². The average molecular weight is 274 g/mol. The lowest BCUT2D eigenvalue weighted by atomic mass is 10.2. The summed E-state index contributed by atoms with van der Waals surface area (Å²) < 4.78 is 15.1. The first-order valence-electron chi connectivity index (χ1n) is 6.98. The Balaban J connectivity index is 1.68. The molecular weight excluding hydrogens is 255 g/mol. The highest BCUT2D eigenvalue weighted by molar-refractivity contribution is 5.17. The first-order chi connectivity index (χ1) is 9.81. The number of piperazine rings is 1. The van der Waals surface area contributed by atoms with Crippen molar-refractivity contribution in [1.82, 2.24) is 19.8 Å². The highest BCUT2D eigenvalue weighted by Crippen LogP contribution is 2.10. The highest BCUT2D eigenvalue weighted by Gasteiger charge is 2.12. The van der Waals surface area contributed by atoms with Gasteiger partial charge in [0.25, 0.3) is 0 Å². The van der Waals surface area contributed by atoms with Crippen LogP contribution in [0.5, 0.6) is 0 Å². The predicted molar refractivity (Wildman–Crippen MR) is 75.9 cm³/mol. The maximum absolute atomic E-state index is 12.9. The Hall–Kier alpha value is -1.72. The first-order valence-corrected chi connectivity index (χ1v) is 6.98. The van der Waals surface area contributed by atoms with Crippen LogP contribution in [-0.4, -0.2) is 40.6 Å². The lowest BCUT2D eigenvalue weighted by Crippen LogP contribution is -2.43. The molecule has 1 aromatic carbocycles. The number of benzene rings is 1. The number of aromatic nitrogens is 2. The summed E-state index contributed by atoms with van der Waals surface area (Å²) in [6.45, 7) is 5.90. The van der Waals surface area contributed by atoms with Crippen LogP contribution in [0.4, 0.5) is 4.39 Å². The zero-order chi connectivity index (χ0) is 13.8. The van der Waals surface area contributed by atoms with Crippen LogP contribution in [0.2, 0.25) is 0 Å². The van der Waals surface area contributed by atoms with Crippen molar-refractivity contribution in [3.05, 3.63) is 53.9 Å². The fourth-order valence-corrected chi connectivity index (χ4v) is 2.51. The highest BCUT2D eigenvalue weighted by atomic mass is 19.1. The minimum Gasteiger partial charge on any atom is -0.329 e. The van der Waals surface area contributed by atoms with Gasteiger partial charge in [-0.15, -0.1) is 0 Å². The fourth-order valence-electron chi connectivity index (χ4n) is 2.51. The van der Waals surface area contributed by atoms with E-state index < -0.39 is 0 Å². The average Bonchev–Trinajstić information content (AvgIpc) is 2.90. The van der Waals surface area contributed by atoms with Gasteiger partial charge in [0.05, 0.1) is 12.0 Å². The summed E-state index contributed by atoms with van der Waals surface area (Å²) in [6, 6.07) is 6.65. The number of nitrogens with one attached hydrogen (secondary N) is 1. The van der Waals surface area contributed by atoms with Crippen LogP contribution in [-0.2, 0) is 13.1 Å². The van der Waals surface area contributed by atoms with Gasteiger partial charge in [-0.05, 0) is 17.7 Å². The van der Waals surface area contributed by atoms with Gasteiger partial charge in [0, 0.05) is 45.5 Å². The van der Waals surface area contributed by atoms with E-state index in [4.69, 9.17) is 0 Å². The predicted octanol–water partition coefficient (Wildman–Crippen LogP) is 1.48. The fraction of sp³-hybridized carbons (Fsp3) is 0.400. The van der Waals surface area contributed by atoms with E-state index >= 15 is 0 Å². The molecule has 1 N–H and O–H groups in total. The molecule has 0 saturated carbocycles. The zero-order valence-corrected chi connectivity index (χ0v) is 11.4. The van der Waals surface area contributed by atoms with Gasteiger partial charge in [0.2, 0.25) is 0 Å². The van der Waals surface area contributed by atoms with Crippen molar-refractivity contribution in [3.63, 3.8) is 0 Å². The van der Waals surface area contributed by atoms with Crippen molar-refractivity contribution in [1.29, 1.82) is 0 Å². The van der Waals surface area contributed by atoms with E-state index in [0.29, 0.717) is 0 Å². The Morgan fingerprint density at radius 2 is 1.85 bits per heavy atom. The molecule has 0 amide bonds. The Kier molecular flexibility index (Phi) is 4.08. The molecule has 2 aromatic rings. The molecular formula is C15H19FN4.